The van der Waals surface area contributed by atoms with Crippen LogP contribution in [0, 0.1) is 15.9 Å². The fourth-order valence-corrected chi connectivity index (χ4v) is 2.88. The van der Waals surface area contributed by atoms with Crippen molar-refractivity contribution in [2.75, 3.05) is 20.3 Å². The van der Waals surface area contributed by atoms with Crippen molar-refractivity contribution in [3.63, 3.8) is 0 Å². The lowest BCUT2D eigenvalue weighted by molar-refractivity contribution is -0.140. The Morgan fingerprint density at radius 3 is 2.80 bits per heavy atom. The minimum Gasteiger partial charge on any atom is -0.493 e. The summed E-state index contributed by atoms with van der Waals surface area (Å²) in [4.78, 5) is 35.2. The summed E-state index contributed by atoms with van der Waals surface area (Å²) in [6.45, 7) is -0.632. The van der Waals surface area contributed by atoms with Gasteiger partial charge < -0.3 is 19.9 Å². The largest absolute Gasteiger partial charge is 0.493 e. The number of nitrogens with one attached hydrogen (secondary N) is 1. The molecule has 3 amide bonds. The zero-order valence-electron chi connectivity index (χ0n) is 13.0. The van der Waals surface area contributed by atoms with Gasteiger partial charge in [-0.05, 0) is 46.4 Å². The Balaban J connectivity index is 2.34. The third kappa shape index (κ3) is 4.21. The van der Waals surface area contributed by atoms with E-state index in [0.717, 1.165) is 0 Å². The molecule has 1 aromatic carbocycles. The first-order valence-electron chi connectivity index (χ1n) is 6.87. The fraction of sp³-hybridized carbons (Fsp3) is 0.188. The molecule has 25 heavy (non-hydrogen) atoms. The standard InChI is InChI=1S/C16H13IN2O6/c1-3-4-25-14-10(17)5-9(7-12(14)24-2)6-11-15(22)19(8-13(20)21)16(23)18-11/h1,5-7H,4,8H2,2H3,(H,18,23)(H,20,21)/b11-6+. The number of urea groups is 1. The highest BCUT2D eigenvalue weighted by Gasteiger charge is 2.34. The van der Waals surface area contributed by atoms with E-state index in [9.17, 15) is 14.4 Å². The van der Waals surface area contributed by atoms with Gasteiger partial charge >= 0.3 is 12.0 Å². The van der Waals surface area contributed by atoms with Gasteiger partial charge in [0.05, 0.1) is 10.7 Å². The molecule has 2 N–H and O–H groups in total. The summed E-state index contributed by atoms with van der Waals surface area (Å²) in [5.41, 5.74) is 0.538. The zero-order valence-corrected chi connectivity index (χ0v) is 15.2. The molecular formula is C16H13IN2O6. The molecule has 0 atom stereocenters. The van der Waals surface area contributed by atoms with Crippen LogP contribution < -0.4 is 14.8 Å². The van der Waals surface area contributed by atoms with Crippen molar-refractivity contribution in [1.82, 2.24) is 10.2 Å². The van der Waals surface area contributed by atoms with Gasteiger partial charge in [-0.2, -0.15) is 0 Å². The molecule has 1 aliphatic heterocycles. The van der Waals surface area contributed by atoms with Gasteiger partial charge in [0.15, 0.2) is 11.5 Å². The van der Waals surface area contributed by atoms with Crippen molar-refractivity contribution in [2.45, 2.75) is 0 Å². The quantitative estimate of drug-likeness (QED) is 0.290. The van der Waals surface area contributed by atoms with Crippen LogP contribution >= 0.6 is 22.6 Å². The van der Waals surface area contributed by atoms with Crippen molar-refractivity contribution in [1.29, 1.82) is 0 Å². The molecule has 1 aromatic rings. The second kappa shape index (κ2) is 7.89. The average molecular weight is 456 g/mol. The van der Waals surface area contributed by atoms with E-state index in [-0.39, 0.29) is 12.3 Å². The van der Waals surface area contributed by atoms with Crippen LogP contribution in [0.4, 0.5) is 4.79 Å². The molecule has 9 heteroatoms. The van der Waals surface area contributed by atoms with Crippen LogP contribution in [0.2, 0.25) is 0 Å². The van der Waals surface area contributed by atoms with E-state index < -0.39 is 24.5 Å². The summed E-state index contributed by atoms with van der Waals surface area (Å²) in [5.74, 6) is 1.25. The smallest absolute Gasteiger partial charge is 0.329 e. The molecule has 0 spiro atoms. The molecule has 130 valence electrons. The van der Waals surface area contributed by atoms with Crippen LogP contribution in [-0.4, -0.2) is 48.2 Å². The number of terminal acetylenes is 1. The maximum atomic E-state index is 12.1. The Morgan fingerprint density at radius 2 is 2.20 bits per heavy atom. The molecule has 1 saturated heterocycles. The number of carbonyl (C=O) groups is 3. The number of rotatable bonds is 6. The van der Waals surface area contributed by atoms with Gasteiger partial charge in [-0.25, -0.2) is 9.69 Å². The van der Waals surface area contributed by atoms with Gasteiger partial charge in [-0.1, -0.05) is 5.92 Å². The van der Waals surface area contributed by atoms with Crippen LogP contribution in [0.15, 0.2) is 17.8 Å². The molecule has 1 heterocycles. The highest BCUT2D eigenvalue weighted by atomic mass is 127. The number of benzene rings is 1. The SMILES string of the molecule is C#CCOc1c(I)cc(/C=C2/NC(=O)N(CC(=O)O)C2=O)cc1OC. The van der Waals surface area contributed by atoms with Gasteiger partial charge in [0.25, 0.3) is 5.91 Å². The number of carboxylic acid groups (broad SMARTS) is 1. The topological polar surface area (TPSA) is 105 Å². The van der Waals surface area contributed by atoms with E-state index >= 15 is 0 Å². The number of halogens is 1. The number of aliphatic carboxylic acids is 1. The van der Waals surface area contributed by atoms with Crippen molar-refractivity contribution < 1.29 is 29.0 Å². The number of methoxy groups -OCH3 is 1. The Morgan fingerprint density at radius 1 is 1.48 bits per heavy atom. The molecule has 8 nitrogen and oxygen atoms in total. The highest BCUT2D eigenvalue weighted by molar-refractivity contribution is 14.1. The number of amides is 3. The van der Waals surface area contributed by atoms with Gasteiger partial charge in [0, 0.05) is 0 Å². The first-order chi connectivity index (χ1) is 11.9. The first kappa shape index (κ1) is 18.6. The molecule has 0 aromatic heterocycles. The van der Waals surface area contributed by atoms with Gasteiger partial charge in [0.2, 0.25) is 0 Å². The number of imide groups is 1. The van der Waals surface area contributed by atoms with E-state index in [1.807, 2.05) is 22.6 Å². The minimum atomic E-state index is -1.28. The molecule has 0 unspecified atom stereocenters. The predicted molar refractivity (Wildman–Crippen MR) is 95.9 cm³/mol. The van der Waals surface area contributed by atoms with Crippen LogP contribution in [0.5, 0.6) is 11.5 Å². The molecular weight excluding hydrogens is 443 g/mol. The summed E-state index contributed by atoms with van der Waals surface area (Å²) < 4.78 is 11.4. The van der Waals surface area contributed by atoms with Crippen molar-refractivity contribution in [2.24, 2.45) is 0 Å². The van der Waals surface area contributed by atoms with E-state index in [4.69, 9.17) is 21.0 Å². The van der Waals surface area contributed by atoms with Crippen LogP contribution in [0.1, 0.15) is 5.56 Å². The summed E-state index contributed by atoms with van der Waals surface area (Å²) in [6.07, 6.45) is 6.61. The third-order valence-electron chi connectivity index (χ3n) is 3.12. The predicted octanol–water partition coefficient (Wildman–Crippen LogP) is 1.29. The highest BCUT2D eigenvalue weighted by Crippen LogP contribution is 2.34. The minimum absolute atomic E-state index is 0.0265. The molecule has 1 fully saturated rings. The van der Waals surface area contributed by atoms with E-state index in [1.54, 1.807) is 12.1 Å². The summed E-state index contributed by atoms with van der Waals surface area (Å²) in [5, 5.41) is 11.1. The molecule has 1 aliphatic rings. The second-order valence-corrected chi connectivity index (χ2v) is 5.96. The molecule has 0 saturated carbocycles. The summed E-state index contributed by atoms with van der Waals surface area (Å²) >= 11 is 2.03. The number of ether oxygens (including phenoxy) is 2. The number of nitrogens with zero attached hydrogens (tertiary/aromatic N) is 1. The number of carboxylic acids is 1. The first-order valence-corrected chi connectivity index (χ1v) is 7.95. The van der Waals surface area contributed by atoms with E-state index in [0.29, 0.717) is 25.5 Å². The maximum Gasteiger partial charge on any atom is 0.329 e. The lowest BCUT2D eigenvalue weighted by Crippen LogP contribution is -2.35. The van der Waals surface area contributed by atoms with Gasteiger partial charge in [-0.15, -0.1) is 6.42 Å². The second-order valence-electron chi connectivity index (χ2n) is 4.80. The van der Waals surface area contributed by atoms with Crippen LogP contribution in [-0.2, 0) is 9.59 Å². The lowest BCUT2D eigenvalue weighted by atomic mass is 10.1. The van der Waals surface area contributed by atoms with Gasteiger partial charge in [-0.3, -0.25) is 9.59 Å². The number of carbonyl (C=O) groups excluding carboxylic acids is 2. The van der Waals surface area contributed by atoms with Crippen molar-refractivity contribution in [3.05, 3.63) is 27.0 Å². The maximum absolute atomic E-state index is 12.1. The fourth-order valence-electron chi connectivity index (χ4n) is 2.09. The molecule has 0 radical (unpaired) electrons. The monoisotopic (exact) mass is 456 g/mol. The van der Waals surface area contributed by atoms with Crippen LogP contribution in [0.25, 0.3) is 6.08 Å². The number of hydrogen-bond donors (Lipinski definition) is 2. The van der Waals surface area contributed by atoms with Crippen molar-refractivity contribution in [3.8, 4) is 23.8 Å². The summed E-state index contributed by atoms with van der Waals surface area (Å²) in [7, 11) is 1.46. The van der Waals surface area contributed by atoms with Gasteiger partial charge in [0.1, 0.15) is 18.8 Å². The van der Waals surface area contributed by atoms with Crippen LogP contribution in [0.3, 0.4) is 0 Å². The third-order valence-corrected chi connectivity index (χ3v) is 3.92. The van der Waals surface area contributed by atoms with E-state index in [1.165, 1.54) is 13.2 Å². The Bertz CT molecular complexity index is 812. The van der Waals surface area contributed by atoms with E-state index in [2.05, 4.69) is 11.2 Å². The summed E-state index contributed by atoms with van der Waals surface area (Å²) in [6, 6.07) is 2.54. The lowest BCUT2D eigenvalue weighted by Gasteiger charge is -2.12. The molecule has 2 rings (SSSR count). The zero-order chi connectivity index (χ0) is 18.6. The number of hydrogen-bond acceptors (Lipinski definition) is 5. The Hall–Kier alpha value is -2.74. The Labute approximate surface area is 156 Å². The van der Waals surface area contributed by atoms with Crippen molar-refractivity contribution >= 4 is 46.6 Å². The normalized spacial score (nSPS) is 15.1. The Kier molecular flexibility index (Phi) is 5.87. The average Bonchev–Trinajstić information content (AvgIpc) is 2.80. The molecule has 0 bridgehead atoms. The molecule has 0 aliphatic carbocycles.